The molecular weight excluding hydrogens is 288 g/mol. The van der Waals surface area contributed by atoms with Crippen molar-refractivity contribution >= 4 is 23.1 Å². The number of anilines is 2. The van der Waals surface area contributed by atoms with Gasteiger partial charge < -0.3 is 10.1 Å². The van der Waals surface area contributed by atoms with Crippen molar-refractivity contribution in [3.63, 3.8) is 0 Å². The van der Waals surface area contributed by atoms with Crippen LogP contribution in [0.25, 0.3) is 0 Å². The van der Waals surface area contributed by atoms with Crippen LogP contribution in [-0.2, 0) is 6.42 Å². The SMILES string of the molecule is CCc1nc(Cl)cc(Nc2ccc(OC(F)F)cc2)n1. The number of rotatable bonds is 5. The van der Waals surface area contributed by atoms with Gasteiger partial charge in [0.25, 0.3) is 0 Å². The van der Waals surface area contributed by atoms with Gasteiger partial charge in [-0.05, 0) is 24.3 Å². The first-order valence-corrected chi connectivity index (χ1v) is 6.30. The van der Waals surface area contributed by atoms with E-state index >= 15 is 0 Å². The summed E-state index contributed by atoms with van der Waals surface area (Å²) >= 11 is 5.88. The molecule has 1 heterocycles. The van der Waals surface area contributed by atoms with Crippen molar-refractivity contribution in [2.75, 3.05) is 5.32 Å². The number of hydrogen-bond donors (Lipinski definition) is 1. The molecule has 1 aromatic carbocycles. The average molecular weight is 300 g/mol. The van der Waals surface area contributed by atoms with Crippen LogP contribution in [0.5, 0.6) is 5.75 Å². The second-order valence-corrected chi connectivity index (χ2v) is 4.26. The van der Waals surface area contributed by atoms with E-state index in [1.165, 1.54) is 12.1 Å². The minimum Gasteiger partial charge on any atom is -0.435 e. The number of aryl methyl sites for hydroxylation is 1. The Kier molecular flexibility index (Phi) is 4.68. The molecular formula is C13H12ClF2N3O. The van der Waals surface area contributed by atoms with E-state index in [0.29, 0.717) is 28.9 Å². The lowest BCUT2D eigenvalue weighted by Gasteiger charge is -2.09. The van der Waals surface area contributed by atoms with Crippen LogP contribution in [0.1, 0.15) is 12.7 Å². The molecule has 0 saturated carbocycles. The van der Waals surface area contributed by atoms with Gasteiger partial charge in [-0.15, -0.1) is 0 Å². The maximum Gasteiger partial charge on any atom is 0.387 e. The molecule has 0 bridgehead atoms. The molecule has 2 aromatic rings. The Labute approximate surface area is 119 Å². The van der Waals surface area contributed by atoms with Gasteiger partial charge in [0.05, 0.1) is 0 Å². The largest absolute Gasteiger partial charge is 0.435 e. The van der Waals surface area contributed by atoms with Crippen LogP contribution in [0.2, 0.25) is 5.15 Å². The summed E-state index contributed by atoms with van der Waals surface area (Å²) in [6, 6.07) is 7.69. The standard InChI is InChI=1S/C13H12ClF2N3O/c1-2-11-18-10(14)7-12(19-11)17-8-3-5-9(6-4-8)20-13(15)16/h3-7,13H,2H2,1H3,(H,17,18,19). The molecule has 0 saturated heterocycles. The Balaban J connectivity index is 2.11. The maximum absolute atomic E-state index is 12.0. The summed E-state index contributed by atoms with van der Waals surface area (Å²) < 4.78 is 28.3. The molecule has 0 radical (unpaired) electrons. The van der Waals surface area contributed by atoms with Crippen LogP contribution in [-0.4, -0.2) is 16.6 Å². The van der Waals surface area contributed by atoms with Crippen LogP contribution in [0.4, 0.5) is 20.3 Å². The van der Waals surface area contributed by atoms with Gasteiger partial charge in [-0.3, -0.25) is 0 Å². The van der Waals surface area contributed by atoms with Crippen LogP contribution in [0, 0.1) is 0 Å². The highest BCUT2D eigenvalue weighted by Gasteiger charge is 2.05. The summed E-state index contributed by atoms with van der Waals surface area (Å²) in [5.74, 6) is 1.27. The third-order valence-electron chi connectivity index (χ3n) is 2.41. The van der Waals surface area contributed by atoms with E-state index in [-0.39, 0.29) is 5.75 Å². The predicted octanol–water partition coefficient (Wildman–Crippen LogP) is 4.04. The van der Waals surface area contributed by atoms with Crippen molar-refractivity contribution < 1.29 is 13.5 Å². The van der Waals surface area contributed by atoms with E-state index in [9.17, 15) is 8.78 Å². The number of hydrogen-bond acceptors (Lipinski definition) is 4. The normalized spacial score (nSPS) is 10.7. The Morgan fingerprint density at radius 3 is 2.55 bits per heavy atom. The van der Waals surface area contributed by atoms with Gasteiger partial charge in [0.2, 0.25) is 0 Å². The molecule has 1 aromatic heterocycles. The molecule has 0 aliphatic carbocycles. The van der Waals surface area contributed by atoms with Gasteiger partial charge in [0.15, 0.2) is 0 Å². The zero-order valence-electron chi connectivity index (χ0n) is 10.6. The van der Waals surface area contributed by atoms with Crippen molar-refractivity contribution in [2.45, 2.75) is 20.0 Å². The molecule has 2 rings (SSSR count). The molecule has 20 heavy (non-hydrogen) atoms. The van der Waals surface area contributed by atoms with Gasteiger partial charge in [-0.2, -0.15) is 8.78 Å². The van der Waals surface area contributed by atoms with Crippen LogP contribution in [0.3, 0.4) is 0 Å². The van der Waals surface area contributed by atoms with Crippen molar-refractivity contribution in [2.24, 2.45) is 0 Å². The summed E-state index contributed by atoms with van der Waals surface area (Å²) in [6.07, 6.45) is 0.663. The molecule has 7 heteroatoms. The lowest BCUT2D eigenvalue weighted by molar-refractivity contribution is -0.0498. The van der Waals surface area contributed by atoms with E-state index in [4.69, 9.17) is 11.6 Å². The van der Waals surface area contributed by atoms with E-state index in [0.717, 1.165) is 0 Å². The Hall–Kier alpha value is -1.95. The summed E-state index contributed by atoms with van der Waals surface area (Å²) in [5, 5.41) is 3.37. The summed E-state index contributed by atoms with van der Waals surface area (Å²) in [5.41, 5.74) is 0.684. The number of benzene rings is 1. The van der Waals surface area contributed by atoms with Crippen molar-refractivity contribution in [1.29, 1.82) is 0 Å². The molecule has 106 valence electrons. The molecule has 0 spiro atoms. The average Bonchev–Trinajstić information content (AvgIpc) is 2.39. The van der Waals surface area contributed by atoms with Gasteiger partial charge >= 0.3 is 6.61 Å². The molecule has 4 nitrogen and oxygen atoms in total. The summed E-state index contributed by atoms with van der Waals surface area (Å²) in [7, 11) is 0. The first kappa shape index (κ1) is 14.5. The first-order valence-electron chi connectivity index (χ1n) is 5.92. The summed E-state index contributed by atoms with van der Waals surface area (Å²) in [4.78, 5) is 8.31. The first-order chi connectivity index (χ1) is 9.56. The van der Waals surface area contributed by atoms with Crippen LogP contribution >= 0.6 is 11.6 Å². The molecule has 1 N–H and O–H groups in total. The number of halogens is 3. The van der Waals surface area contributed by atoms with Gasteiger partial charge in [0.1, 0.15) is 22.5 Å². The third-order valence-corrected chi connectivity index (χ3v) is 2.60. The fraction of sp³-hybridized carbons (Fsp3) is 0.231. The number of aromatic nitrogens is 2. The number of nitrogens with zero attached hydrogens (tertiary/aromatic N) is 2. The fourth-order valence-corrected chi connectivity index (χ4v) is 1.76. The second-order valence-electron chi connectivity index (χ2n) is 3.87. The minimum atomic E-state index is -2.83. The van der Waals surface area contributed by atoms with Crippen molar-refractivity contribution in [3.8, 4) is 5.75 Å². The van der Waals surface area contributed by atoms with E-state index in [2.05, 4.69) is 20.0 Å². The smallest absolute Gasteiger partial charge is 0.387 e. The van der Waals surface area contributed by atoms with Crippen molar-refractivity contribution in [1.82, 2.24) is 9.97 Å². The predicted molar refractivity (Wildman–Crippen MR) is 72.8 cm³/mol. The minimum absolute atomic E-state index is 0.0977. The van der Waals surface area contributed by atoms with E-state index in [1.807, 2.05) is 6.92 Å². The lowest BCUT2D eigenvalue weighted by Crippen LogP contribution is -2.02. The van der Waals surface area contributed by atoms with E-state index < -0.39 is 6.61 Å². The Morgan fingerprint density at radius 2 is 1.95 bits per heavy atom. The highest BCUT2D eigenvalue weighted by molar-refractivity contribution is 6.29. The maximum atomic E-state index is 12.0. The molecule has 0 aliphatic rings. The topological polar surface area (TPSA) is 47.0 Å². The quantitative estimate of drug-likeness (QED) is 0.847. The summed E-state index contributed by atoms with van der Waals surface area (Å²) in [6.45, 7) is -0.909. The monoisotopic (exact) mass is 299 g/mol. The Bertz CT molecular complexity index is 578. The van der Waals surface area contributed by atoms with Crippen LogP contribution in [0.15, 0.2) is 30.3 Å². The lowest BCUT2D eigenvalue weighted by atomic mass is 10.3. The van der Waals surface area contributed by atoms with E-state index in [1.54, 1.807) is 18.2 Å². The van der Waals surface area contributed by atoms with Crippen LogP contribution < -0.4 is 10.1 Å². The molecule has 0 fully saturated rings. The molecule has 0 unspecified atom stereocenters. The van der Waals surface area contributed by atoms with Gasteiger partial charge in [0, 0.05) is 18.2 Å². The molecule has 0 amide bonds. The second kappa shape index (κ2) is 6.47. The highest BCUT2D eigenvalue weighted by atomic mass is 35.5. The third kappa shape index (κ3) is 4.03. The Morgan fingerprint density at radius 1 is 1.25 bits per heavy atom. The number of alkyl halides is 2. The number of nitrogens with one attached hydrogen (secondary N) is 1. The molecule has 0 aliphatic heterocycles. The zero-order chi connectivity index (χ0) is 14.5. The zero-order valence-corrected chi connectivity index (χ0v) is 11.4. The van der Waals surface area contributed by atoms with Gasteiger partial charge in [-0.1, -0.05) is 18.5 Å². The number of ether oxygens (including phenoxy) is 1. The fourth-order valence-electron chi connectivity index (χ4n) is 1.55. The highest BCUT2D eigenvalue weighted by Crippen LogP contribution is 2.21. The van der Waals surface area contributed by atoms with Gasteiger partial charge in [-0.25, -0.2) is 9.97 Å². The van der Waals surface area contributed by atoms with Crippen molar-refractivity contribution in [3.05, 3.63) is 41.3 Å². The molecule has 0 atom stereocenters.